The first-order valence-electron chi connectivity index (χ1n) is 13.9. The number of likely N-dealkylation sites (tertiary alicyclic amines) is 2. The summed E-state index contributed by atoms with van der Waals surface area (Å²) in [6.45, 7) is 6.99. The summed E-state index contributed by atoms with van der Waals surface area (Å²) in [7, 11) is 3.49. The summed E-state index contributed by atoms with van der Waals surface area (Å²) in [5.41, 5.74) is 11.3. The smallest absolute Gasteiger partial charge is 0.319 e. The van der Waals surface area contributed by atoms with Crippen LogP contribution in [0.2, 0.25) is 0 Å². The van der Waals surface area contributed by atoms with Gasteiger partial charge in [0.05, 0.1) is 29.2 Å². The van der Waals surface area contributed by atoms with Crippen LogP contribution in [0.5, 0.6) is 0 Å². The van der Waals surface area contributed by atoms with Crippen molar-refractivity contribution in [3.63, 3.8) is 0 Å². The van der Waals surface area contributed by atoms with Crippen LogP contribution in [-0.4, -0.2) is 113 Å². The summed E-state index contributed by atoms with van der Waals surface area (Å²) in [4.78, 5) is 39.7. The highest BCUT2D eigenvalue weighted by Crippen LogP contribution is 2.24. The number of allylic oxidation sites excluding steroid dienone is 2. The third-order valence-corrected chi connectivity index (χ3v) is 7.71. The molecule has 2 saturated heterocycles. The average molecular weight is 587 g/mol. The van der Waals surface area contributed by atoms with Gasteiger partial charge < -0.3 is 26.6 Å². The molecular formula is C28H40F2N10O2. The molecule has 2 aliphatic rings. The van der Waals surface area contributed by atoms with E-state index in [1.165, 1.54) is 12.3 Å². The first-order valence-corrected chi connectivity index (χ1v) is 13.9. The lowest BCUT2D eigenvalue weighted by atomic mass is 9.98. The van der Waals surface area contributed by atoms with Gasteiger partial charge in [-0.05, 0) is 38.8 Å². The van der Waals surface area contributed by atoms with Gasteiger partial charge in [0.1, 0.15) is 11.4 Å². The highest BCUT2D eigenvalue weighted by atomic mass is 19.3. The van der Waals surface area contributed by atoms with Crippen molar-refractivity contribution in [1.29, 1.82) is 0 Å². The topological polar surface area (TPSA) is 151 Å². The Morgan fingerprint density at radius 2 is 1.93 bits per heavy atom. The van der Waals surface area contributed by atoms with Gasteiger partial charge in [0.15, 0.2) is 0 Å². The second-order valence-corrected chi connectivity index (χ2v) is 11.5. The largest absolute Gasteiger partial charge is 0.396 e. The van der Waals surface area contributed by atoms with Gasteiger partial charge in [-0.15, -0.1) is 0 Å². The van der Waals surface area contributed by atoms with Crippen molar-refractivity contribution in [2.45, 2.75) is 50.7 Å². The standard InChI is InChI=1S/C28H40F2N10O2/c1-28(2,17-31)40-14-18(12-34-40)21-6-5-7-22(35-21)26(41)36-23(24(32)25(29)30)13-33-19-15-39(16-19)20-8-10-38(11-9-20)27(42)37(3)4/h5-7,12-14,19-20,25H,8-11,15-17,31-32H2,1-4H3,(H,36,41). The minimum absolute atomic E-state index is 0.0158. The maximum atomic E-state index is 13.5. The second kappa shape index (κ2) is 12.9. The molecule has 12 nitrogen and oxygen atoms in total. The molecule has 5 N–H and O–H groups in total. The van der Waals surface area contributed by atoms with Gasteiger partial charge in [-0.1, -0.05) is 6.07 Å². The number of carbonyl (C=O) groups is 2. The van der Waals surface area contributed by atoms with Gasteiger partial charge in [0.2, 0.25) is 0 Å². The molecule has 2 aliphatic heterocycles. The third kappa shape index (κ3) is 7.10. The zero-order valence-corrected chi connectivity index (χ0v) is 24.5. The zero-order chi connectivity index (χ0) is 30.6. The number of nitrogens with one attached hydrogen (secondary N) is 1. The number of urea groups is 1. The SMILES string of the molecule is CN(C)C(=O)N1CCC(N2CC(N=CC(NC(=O)c3cccc(-c4cnn(C(C)(C)CN)c4)n3)=C(N)C(F)F)C2)CC1. The third-order valence-electron chi connectivity index (χ3n) is 7.71. The first kappa shape index (κ1) is 31.0. The predicted molar refractivity (Wildman–Crippen MR) is 156 cm³/mol. The van der Waals surface area contributed by atoms with Crippen molar-refractivity contribution < 1.29 is 18.4 Å². The molecule has 3 amide bonds. The van der Waals surface area contributed by atoms with Gasteiger partial charge in [-0.2, -0.15) is 5.10 Å². The van der Waals surface area contributed by atoms with Crippen LogP contribution in [0, 0.1) is 0 Å². The Kier molecular flexibility index (Phi) is 9.57. The zero-order valence-electron chi connectivity index (χ0n) is 24.5. The maximum absolute atomic E-state index is 13.5. The molecule has 2 fully saturated rings. The molecule has 0 bridgehead atoms. The number of hydrogen-bond donors (Lipinski definition) is 3. The molecule has 0 spiro atoms. The maximum Gasteiger partial charge on any atom is 0.319 e. The molecule has 0 radical (unpaired) electrons. The Morgan fingerprint density at radius 1 is 1.24 bits per heavy atom. The molecule has 0 aliphatic carbocycles. The van der Waals surface area contributed by atoms with Crippen molar-refractivity contribution in [2.24, 2.45) is 16.5 Å². The molecular weight excluding hydrogens is 546 g/mol. The van der Waals surface area contributed by atoms with Crippen LogP contribution in [0.3, 0.4) is 0 Å². The molecule has 0 saturated carbocycles. The lowest BCUT2D eigenvalue weighted by molar-refractivity contribution is 0.0537. The lowest BCUT2D eigenvalue weighted by Gasteiger charge is -2.46. The van der Waals surface area contributed by atoms with Crippen LogP contribution in [0.4, 0.5) is 13.6 Å². The van der Waals surface area contributed by atoms with E-state index in [-0.39, 0.29) is 23.5 Å². The lowest BCUT2D eigenvalue weighted by Crippen LogP contribution is -2.58. The number of nitrogens with two attached hydrogens (primary N) is 2. The summed E-state index contributed by atoms with van der Waals surface area (Å²) in [6.07, 6.45) is 3.39. The fourth-order valence-electron chi connectivity index (χ4n) is 4.85. The number of amides is 3. The molecule has 2 aromatic rings. The van der Waals surface area contributed by atoms with E-state index in [1.807, 2.05) is 18.7 Å². The quantitative estimate of drug-likeness (QED) is 0.379. The van der Waals surface area contributed by atoms with E-state index in [9.17, 15) is 18.4 Å². The Hall–Kier alpha value is -3.91. The molecule has 0 aromatic carbocycles. The van der Waals surface area contributed by atoms with Crippen LogP contribution in [0.1, 0.15) is 37.2 Å². The van der Waals surface area contributed by atoms with E-state index in [0.29, 0.717) is 50.0 Å². The fraction of sp³-hybridized carbons (Fsp3) is 0.536. The number of hydrogen-bond acceptors (Lipinski definition) is 8. The number of carbonyl (C=O) groups excluding carboxylic acids is 2. The number of nitrogens with zero attached hydrogens (tertiary/aromatic N) is 7. The fourth-order valence-corrected chi connectivity index (χ4v) is 4.85. The van der Waals surface area contributed by atoms with Crippen molar-refractivity contribution in [3.8, 4) is 11.3 Å². The molecule has 42 heavy (non-hydrogen) atoms. The number of aliphatic imine (C=N–C) groups is 1. The van der Waals surface area contributed by atoms with Crippen molar-refractivity contribution in [1.82, 2.24) is 34.8 Å². The monoisotopic (exact) mass is 586 g/mol. The minimum Gasteiger partial charge on any atom is -0.396 e. The molecule has 0 unspecified atom stereocenters. The van der Waals surface area contributed by atoms with E-state index in [2.05, 4.69) is 25.3 Å². The van der Waals surface area contributed by atoms with E-state index in [4.69, 9.17) is 11.5 Å². The number of halogens is 2. The van der Waals surface area contributed by atoms with E-state index in [0.717, 1.165) is 12.8 Å². The minimum atomic E-state index is -2.98. The van der Waals surface area contributed by atoms with Crippen LogP contribution in [0.15, 0.2) is 47.0 Å². The number of alkyl halides is 2. The number of piperidine rings is 1. The van der Waals surface area contributed by atoms with Gasteiger partial charge >= 0.3 is 6.03 Å². The van der Waals surface area contributed by atoms with Crippen molar-refractivity contribution >= 4 is 18.2 Å². The Labute approximate surface area is 244 Å². The van der Waals surface area contributed by atoms with Crippen LogP contribution in [0.25, 0.3) is 11.3 Å². The van der Waals surface area contributed by atoms with Gasteiger partial charge in [-0.3, -0.25) is 19.4 Å². The molecule has 2 aromatic heterocycles. The Morgan fingerprint density at radius 3 is 2.55 bits per heavy atom. The van der Waals surface area contributed by atoms with Crippen LogP contribution in [-0.2, 0) is 5.54 Å². The summed E-state index contributed by atoms with van der Waals surface area (Å²) < 4.78 is 28.8. The predicted octanol–water partition coefficient (Wildman–Crippen LogP) is 1.71. The van der Waals surface area contributed by atoms with Gasteiger partial charge in [0, 0.05) is 70.8 Å². The normalized spacial score (nSPS) is 17.9. The first-order chi connectivity index (χ1) is 19.9. The highest BCUT2D eigenvalue weighted by molar-refractivity contribution is 5.98. The number of rotatable bonds is 9. The molecule has 0 atom stereocenters. The van der Waals surface area contributed by atoms with Crippen molar-refractivity contribution in [2.75, 3.05) is 46.8 Å². The summed E-state index contributed by atoms with van der Waals surface area (Å²) in [5, 5.41) is 6.82. The number of aromatic nitrogens is 3. The van der Waals surface area contributed by atoms with E-state index >= 15 is 0 Å². The Bertz CT molecular complexity index is 1330. The highest BCUT2D eigenvalue weighted by Gasteiger charge is 2.35. The van der Waals surface area contributed by atoms with Gasteiger partial charge in [-0.25, -0.2) is 18.6 Å². The van der Waals surface area contributed by atoms with Crippen LogP contribution < -0.4 is 16.8 Å². The molecule has 228 valence electrons. The summed E-state index contributed by atoms with van der Waals surface area (Å²) in [5.74, 6) is -0.689. The van der Waals surface area contributed by atoms with Crippen LogP contribution >= 0.6 is 0 Å². The van der Waals surface area contributed by atoms with Gasteiger partial charge in [0.25, 0.3) is 12.3 Å². The molecule has 4 rings (SSSR count). The summed E-state index contributed by atoms with van der Waals surface area (Å²) >= 11 is 0. The van der Waals surface area contributed by atoms with Crippen molar-refractivity contribution in [3.05, 3.63) is 47.7 Å². The average Bonchev–Trinajstić information content (AvgIpc) is 3.47. The van der Waals surface area contributed by atoms with E-state index < -0.39 is 23.6 Å². The van der Waals surface area contributed by atoms with E-state index in [1.54, 1.807) is 48.2 Å². The summed E-state index contributed by atoms with van der Waals surface area (Å²) in [6, 6.07) is 5.12. The number of pyridine rings is 1. The second-order valence-electron chi connectivity index (χ2n) is 11.5. The molecule has 4 heterocycles. The molecule has 14 heteroatoms. The Balaban J connectivity index is 1.37.